The molecule has 0 aromatic heterocycles. The van der Waals surface area contributed by atoms with Crippen molar-refractivity contribution in [3.8, 4) is 0 Å². The van der Waals surface area contributed by atoms with Gasteiger partial charge in [-0.1, -0.05) is 60.7 Å². The molecule has 1 saturated heterocycles. The molecule has 2 aliphatic heterocycles. The van der Waals surface area contributed by atoms with Gasteiger partial charge >= 0.3 is 0 Å². The molecule has 0 aliphatic carbocycles. The Hall–Kier alpha value is -2.31. The molecule has 0 saturated carbocycles. The second-order valence-electron chi connectivity index (χ2n) is 6.23. The van der Waals surface area contributed by atoms with E-state index >= 15 is 0 Å². The average Bonchev–Trinajstić information content (AvgIpc) is 3.11. The normalized spacial score (nSPS) is 17.9. The van der Waals surface area contributed by atoms with Gasteiger partial charge in [0, 0.05) is 12.3 Å². The van der Waals surface area contributed by atoms with Gasteiger partial charge in [0.15, 0.2) is 0 Å². The first-order valence-electron chi connectivity index (χ1n) is 8.33. The number of hydrogen-bond acceptors (Lipinski definition) is 5. The highest BCUT2D eigenvalue weighted by Crippen LogP contribution is 2.38. The number of rotatable bonds is 4. The molecular weight excluding hydrogens is 334 g/mol. The van der Waals surface area contributed by atoms with Crippen LogP contribution in [0.1, 0.15) is 17.2 Å². The number of benzene rings is 2. The maximum Gasteiger partial charge on any atom is 0.289 e. The van der Waals surface area contributed by atoms with Crippen LogP contribution in [0.15, 0.2) is 71.4 Å². The summed E-state index contributed by atoms with van der Waals surface area (Å²) < 4.78 is 0. The fraction of sp³-hybridized carbons (Fsp3) is 0.263. The molecule has 0 spiro atoms. The smallest absolute Gasteiger partial charge is 0.289 e. The Morgan fingerprint density at radius 3 is 2.16 bits per heavy atom. The monoisotopic (exact) mass is 353 g/mol. The van der Waals surface area contributed by atoms with Crippen molar-refractivity contribution in [3.05, 3.63) is 92.6 Å². The third kappa shape index (κ3) is 3.15. The van der Waals surface area contributed by atoms with Gasteiger partial charge in [0.05, 0.1) is 24.2 Å². The molecule has 0 bridgehead atoms. The van der Waals surface area contributed by atoms with Crippen LogP contribution in [0.4, 0.5) is 0 Å². The van der Waals surface area contributed by atoms with E-state index in [4.69, 9.17) is 0 Å². The number of fused-ring (bicyclic) bond motifs is 1. The van der Waals surface area contributed by atoms with E-state index in [9.17, 15) is 10.1 Å². The highest BCUT2D eigenvalue weighted by molar-refractivity contribution is 8.03. The van der Waals surface area contributed by atoms with Crippen LogP contribution < -0.4 is 0 Å². The zero-order chi connectivity index (χ0) is 17.2. The Morgan fingerprint density at radius 2 is 1.60 bits per heavy atom. The summed E-state index contributed by atoms with van der Waals surface area (Å²) in [4.78, 5) is 15.8. The van der Waals surface area contributed by atoms with Crippen LogP contribution in [-0.2, 0) is 0 Å². The van der Waals surface area contributed by atoms with Crippen molar-refractivity contribution in [2.75, 3.05) is 25.5 Å². The summed E-state index contributed by atoms with van der Waals surface area (Å²) >= 11 is 1.61. The summed E-state index contributed by atoms with van der Waals surface area (Å²) in [7, 11) is 0. The molecule has 0 atom stereocenters. The minimum atomic E-state index is -0.208. The van der Waals surface area contributed by atoms with Crippen molar-refractivity contribution in [2.45, 2.75) is 6.04 Å². The fourth-order valence-corrected chi connectivity index (χ4v) is 4.71. The summed E-state index contributed by atoms with van der Waals surface area (Å²) in [5.41, 5.74) is 2.64. The van der Waals surface area contributed by atoms with E-state index in [0.717, 1.165) is 28.5 Å². The van der Waals surface area contributed by atoms with Crippen LogP contribution in [0.25, 0.3) is 0 Å². The predicted octanol–water partition coefficient (Wildman–Crippen LogP) is 3.54. The third-order valence-electron chi connectivity index (χ3n) is 4.66. The zero-order valence-corrected chi connectivity index (χ0v) is 14.6. The number of nitrogens with zero attached hydrogens (tertiary/aromatic N) is 3. The van der Waals surface area contributed by atoms with Gasteiger partial charge < -0.3 is 4.90 Å². The molecule has 2 aromatic carbocycles. The maximum atomic E-state index is 11.6. The Labute approximate surface area is 151 Å². The summed E-state index contributed by atoms with van der Waals surface area (Å²) in [6.07, 6.45) is 0. The Bertz CT molecular complexity index is 755. The number of hydrogen-bond donors (Lipinski definition) is 0. The highest BCUT2D eigenvalue weighted by Gasteiger charge is 2.38. The molecule has 0 unspecified atom stereocenters. The summed E-state index contributed by atoms with van der Waals surface area (Å²) in [5, 5.41) is 12.5. The second kappa shape index (κ2) is 6.90. The van der Waals surface area contributed by atoms with E-state index in [1.54, 1.807) is 11.8 Å². The predicted molar refractivity (Wildman–Crippen MR) is 99.5 cm³/mol. The summed E-state index contributed by atoms with van der Waals surface area (Å²) in [6.45, 7) is 1.94. The fourth-order valence-electron chi connectivity index (χ4n) is 3.57. The Morgan fingerprint density at radius 1 is 1.00 bits per heavy atom. The van der Waals surface area contributed by atoms with Gasteiger partial charge in [-0.2, -0.15) is 0 Å². The topological polar surface area (TPSA) is 49.6 Å². The van der Waals surface area contributed by atoms with Crippen LogP contribution in [-0.4, -0.2) is 40.2 Å². The van der Waals surface area contributed by atoms with Gasteiger partial charge in [-0.15, -0.1) is 11.8 Å². The molecule has 25 heavy (non-hydrogen) atoms. The van der Waals surface area contributed by atoms with Crippen molar-refractivity contribution in [1.29, 1.82) is 0 Å². The van der Waals surface area contributed by atoms with Crippen LogP contribution in [0, 0.1) is 10.1 Å². The van der Waals surface area contributed by atoms with Crippen LogP contribution in [0.5, 0.6) is 0 Å². The van der Waals surface area contributed by atoms with Crippen molar-refractivity contribution < 1.29 is 4.92 Å². The maximum absolute atomic E-state index is 11.6. The first kappa shape index (κ1) is 16.2. The number of thioether (sulfide) groups is 1. The lowest BCUT2D eigenvalue weighted by atomic mass is 9.97. The molecule has 2 heterocycles. The molecule has 0 amide bonds. The SMILES string of the molecule is O=[N+]([O-])C1=C2SCCN2CN(C(c2ccccc2)c2ccccc2)C1. The lowest BCUT2D eigenvalue weighted by Crippen LogP contribution is -2.45. The van der Waals surface area contributed by atoms with E-state index < -0.39 is 0 Å². The molecule has 5 nitrogen and oxygen atoms in total. The van der Waals surface area contributed by atoms with Crippen molar-refractivity contribution >= 4 is 11.8 Å². The molecule has 2 aliphatic rings. The number of nitro groups is 1. The quantitative estimate of drug-likeness (QED) is 0.621. The molecule has 6 heteroatoms. The van der Waals surface area contributed by atoms with Gasteiger partial charge in [-0.05, 0) is 11.1 Å². The van der Waals surface area contributed by atoms with Crippen molar-refractivity contribution in [3.63, 3.8) is 0 Å². The highest BCUT2D eigenvalue weighted by atomic mass is 32.2. The van der Waals surface area contributed by atoms with E-state index in [1.807, 2.05) is 36.4 Å². The molecule has 0 N–H and O–H groups in total. The van der Waals surface area contributed by atoms with Crippen LogP contribution >= 0.6 is 11.8 Å². The molecule has 4 rings (SSSR count). The zero-order valence-electron chi connectivity index (χ0n) is 13.7. The summed E-state index contributed by atoms with van der Waals surface area (Å²) in [6, 6.07) is 20.5. The van der Waals surface area contributed by atoms with Gasteiger partial charge in [-0.3, -0.25) is 15.0 Å². The molecule has 2 aromatic rings. The third-order valence-corrected chi connectivity index (χ3v) is 5.81. The largest absolute Gasteiger partial charge is 0.347 e. The lowest BCUT2D eigenvalue weighted by molar-refractivity contribution is -0.431. The van der Waals surface area contributed by atoms with E-state index in [1.165, 1.54) is 0 Å². The minimum absolute atomic E-state index is 0.00417. The van der Waals surface area contributed by atoms with Gasteiger partial charge in [0.25, 0.3) is 5.70 Å². The Kier molecular flexibility index (Phi) is 4.46. The van der Waals surface area contributed by atoms with Gasteiger partial charge in [-0.25, -0.2) is 0 Å². The van der Waals surface area contributed by atoms with Gasteiger partial charge in [0.2, 0.25) is 0 Å². The molecule has 128 valence electrons. The standard InChI is InChI=1S/C19H19N3O2S/c23-22(24)17-13-21(14-20-11-12-25-19(17)20)18(15-7-3-1-4-8-15)16-9-5-2-6-10-16/h1-10,18H,11-14H2. The Balaban J connectivity index is 1.75. The van der Waals surface area contributed by atoms with Crippen LogP contribution in [0.2, 0.25) is 0 Å². The summed E-state index contributed by atoms with van der Waals surface area (Å²) in [5.74, 6) is 0.919. The van der Waals surface area contributed by atoms with Gasteiger partial charge in [0.1, 0.15) is 5.03 Å². The minimum Gasteiger partial charge on any atom is -0.347 e. The first-order chi connectivity index (χ1) is 12.2. The molecule has 0 radical (unpaired) electrons. The van der Waals surface area contributed by atoms with E-state index in [0.29, 0.717) is 18.9 Å². The van der Waals surface area contributed by atoms with Crippen molar-refractivity contribution in [2.24, 2.45) is 0 Å². The van der Waals surface area contributed by atoms with Crippen molar-refractivity contribution in [1.82, 2.24) is 9.80 Å². The average molecular weight is 353 g/mol. The van der Waals surface area contributed by atoms with E-state index in [2.05, 4.69) is 34.1 Å². The first-order valence-corrected chi connectivity index (χ1v) is 9.32. The molecular formula is C19H19N3O2S. The second-order valence-corrected chi connectivity index (χ2v) is 7.32. The molecule has 1 fully saturated rings. The lowest BCUT2D eigenvalue weighted by Gasteiger charge is -2.38. The van der Waals surface area contributed by atoms with Crippen LogP contribution in [0.3, 0.4) is 0 Å². The van der Waals surface area contributed by atoms with E-state index in [-0.39, 0.29) is 11.0 Å².